The molecule has 0 saturated heterocycles. The first-order chi connectivity index (χ1) is 11.1. The van der Waals surface area contributed by atoms with Crippen LogP contribution in [0.2, 0.25) is 5.02 Å². The van der Waals surface area contributed by atoms with Crippen molar-refractivity contribution in [2.45, 2.75) is 0 Å². The van der Waals surface area contributed by atoms with Crippen molar-refractivity contribution in [1.29, 1.82) is 0 Å². The molecular formula is C17H12ClFO4. The number of aliphatic hydroxyl groups is 1. The summed E-state index contributed by atoms with van der Waals surface area (Å²) in [4.78, 5) is 12.1. The van der Waals surface area contributed by atoms with Crippen LogP contribution < -0.4 is 10.2 Å². The van der Waals surface area contributed by atoms with Crippen LogP contribution in [0.25, 0.3) is 22.3 Å². The lowest BCUT2D eigenvalue weighted by molar-refractivity contribution is 0.201. The van der Waals surface area contributed by atoms with Gasteiger partial charge in [0.05, 0.1) is 11.6 Å². The Labute approximate surface area is 135 Å². The lowest BCUT2D eigenvalue weighted by atomic mass is 10.1. The van der Waals surface area contributed by atoms with Crippen LogP contribution in [0.5, 0.6) is 5.75 Å². The zero-order chi connectivity index (χ0) is 16.4. The zero-order valence-electron chi connectivity index (χ0n) is 11.9. The highest BCUT2D eigenvalue weighted by Crippen LogP contribution is 2.29. The summed E-state index contributed by atoms with van der Waals surface area (Å²) in [5, 5.41) is 8.73. The quantitative estimate of drug-likeness (QED) is 0.791. The molecule has 0 radical (unpaired) electrons. The monoisotopic (exact) mass is 334 g/mol. The smallest absolute Gasteiger partial charge is 0.196 e. The molecule has 0 amide bonds. The highest BCUT2D eigenvalue weighted by atomic mass is 35.5. The molecule has 0 atom stereocenters. The first-order valence-corrected chi connectivity index (χ1v) is 7.24. The summed E-state index contributed by atoms with van der Waals surface area (Å²) in [7, 11) is 0. The number of hydrogen-bond donors (Lipinski definition) is 1. The van der Waals surface area contributed by atoms with E-state index in [2.05, 4.69) is 0 Å². The molecule has 0 aliphatic rings. The molecule has 3 rings (SSSR count). The second-order valence-electron chi connectivity index (χ2n) is 4.80. The van der Waals surface area contributed by atoms with E-state index in [0.29, 0.717) is 11.3 Å². The van der Waals surface area contributed by atoms with Gasteiger partial charge in [0.1, 0.15) is 29.3 Å². The number of fused-ring (bicyclic) bond motifs is 1. The van der Waals surface area contributed by atoms with E-state index in [1.807, 2.05) is 0 Å². The van der Waals surface area contributed by atoms with Gasteiger partial charge in [-0.25, -0.2) is 4.39 Å². The Morgan fingerprint density at radius 3 is 2.61 bits per heavy atom. The lowest BCUT2D eigenvalue weighted by Gasteiger charge is -2.07. The van der Waals surface area contributed by atoms with Crippen molar-refractivity contribution in [1.82, 2.24) is 0 Å². The highest BCUT2D eigenvalue weighted by molar-refractivity contribution is 6.34. The van der Waals surface area contributed by atoms with E-state index in [1.54, 1.807) is 24.3 Å². The minimum atomic E-state index is -0.669. The molecule has 2 aromatic carbocycles. The summed E-state index contributed by atoms with van der Waals surface area (Å²) in [5.41, 5.74) is 0.150. The molecule has 0 fully saturated rings. The highest BCUT2D eigenvalue weighted by Gasteiger charge is 2.13. The molecule has 1 N–H and O–H groups in total. The summed E-state index contributed by atoms with van der Waals surface area (Å²) in [5.74, 6) is 0.191. The van der Waals surface area contributed by atoms with Gasteiger partial charge in [-0.05, 0) is 36.4 Å². The van der Waals surface area contributed by atoms with Crippen molar-refractivity contribution in [2.75, 3.05) is 13.2 Å². The maximum absolute atomic E-state index is 13.8. The fraction of sp³-hybridized carbons (Fsp3) is 0.118. The zero-order valence-corrected chi connectivity index (χ0v) is 12.6. The third-order valence-electron chi connectivity index (χ3n) is 3.28. The topological polar surface area (TPSA) is 59.7 Å². The fourth-order valence-corrected chi connectivity index (χ4v) is 2.41. The van der Waals surface area contributed by atoms with Crippen LogP contribution in [0.3, 0.4) is 0 Å². The second-order valence-corrected chi connectivity index (χ2v) is 5.21. The summed E-state index contributed by atoms with van der Waals surface area (Å²) < 4.78 is 24.6. The van der Waals surface area contributed by atoms with Crippen molar-refractivity contribution in [3.05, 3.63) is 63.5 Å². The lowest BCUT2D eigenvalue weighted by Crippen LogP contribution is -2.03. The predicted octanol–water partition coefficient (Wildman–Crippen LogP) is 3.62. The molecule has 23 heavy (non-hydrogen) atoms. The van der Waals surface area contributed by atoms with Crippen LogP contribution in [-0.4, -0.2) is 18.3 Å². The van der Waals surface area contributed by atoms with Gasteiger partial charge in [0.25, 0.3) is 0 Å². The number of benzene rings is 2. The van der Waals surface area contributed by atoms with Gasteiger partial charge < -0.3 is 14.3 Å². The minimum Gasteiger partial charge on any atom is -0.491 e. The fourth-order valence-electron chi connectivity index (χ4n) is 2.21. The summed E-state index contributed by atoms with van der Waals surface area (Å²) >= 11 is 6.00. The Morgan fingerprint density at radius 1 is 1.17 bits per heavy atom. The molecule has 118 valence electrons. The second kappa shape index (κ2) is 6.40. The molecule has 1 heterocycles. The first-order valence-electron chi connectivity index (χ1n) is 6.86. The standard InChI is InChI=1S/C17H12ClFO4/c18-12-5-6-13(19)16-14(21)9-15(23-17(12)16)10-1-3-11(4-2-10)22-8-7-20/h1-6,9,20H,7-8H2. The van der Waals surface area contributed by atoms with E-state index in [1.165, 1.54) is 12.1 Å². The maximum Gasteiger partial charge on any atom is 0.196 e. The average molecular weight is 335 g/mol. The summed E-state index contributed by atoms with van der Waals surface area (Å²) in [6, 6.07) is 10.5. The molecule has 0 bridgehead atoms. The normalized spacial score (nSPS) is 10.9. The third kappa shape index (κ3) is 3.06. The minimum absolute atomic E-state index is 0.0229. The molecule has 1 aromatic heterocycles. The Morgan fingerprint density at radius 2 is 1.91 bits per heavy atom. The van der Waals surface area contributed by atoms with E-state index in [9.17, 15) is 9.18 Å². The van der Waals surface area contributed by atoms with E-state index in [0.717, 1.165) is 6.07 Å². The van der Waals surface area contributed by atoms with Gasteiger partial charge in [-0.3, -0.25) is 4.79 Å². The number of ether oxygens (including phenoxy) is 1. The Kier molecular flexibility index (Phi) is 4.32. The average Bonchev–Trinajstić information content (AvgIpc) is 2.56. The Hall–Kier alpha value is -2.37. The third-order valence-corrected chi connectivity index (χ3v) is 3.58. The van der Waals surface area contributed by atoms with E-state index < -0.39 is 11.2 Å². The number of hydrogen-bond acceptors (Lipinski definition) is 4. The van der Waals surface area contributed by atoms with Crippen molar-refractivity contribution in [3.63, 3.8) is 0 Å². The molecule has 0 spiro atoms. The van der Waals surface area contributed by atoms with Gasteiger partial charge in [0.2, 0.25) is 0 Å². The molecule has 4 nitrogen and oxygen atoms in total. The maximum atomic E-state index is 13.8. The van der Waals surface area contributed by atoms with Crippen molar-refractivity contribution < 1.29 is 18.7 Å². The van der Waals surface area contributed by atoms with Gasteiger partial charge in [-0.1, -0.05) is 11.6 Å². The predicted molar refractivity (Wildman–Crippen MR) is 85.5 cm³/mol. The molecule has 0 aliphatic heterocycles. The van der Waals surface area contributed by atoms with E-state index in [-0.39, 0.29) is 35.0 Å². The molecule has 0 aliphatic carbocycles. The van der Waals surface area contributed by atoms with Gasteiger partial charge >= 0.3 is 0 Å². The molecule has 6 heteroatoms. The van der Waals surface area contributed by atoms with Gasteiger partial charge in [0.15, 0.2) is 11.0 Å². The SMILES string of the molecule is O=c1cc(-c2ccc(OCCO)cc2)oc2c(Cl)ccc(F)c12. The Balaban J connectivity index is 2.07. The van der Waals surface area contributed by atoms with Crippen molar-refractivity contribution in [2.24, 2.45) is 0 Å². The van der Waals surface area contributed by atoms with Crippen LogP contribution in [0.4, 0.5) is 4.39 Å². The Bertz CT molecular complexity index is 903. The van der Waals surface area contributed by atoms with Crippen LogP contribution >= 0.6 is 11.6 Å². The van der Waals surface area contributed by atoms with Gasteiger partial charge in [-0.2, -0.15) is 0 Å². The first kappa shape index (κ1) is 15.5. The molecule has 3 aromatic rings. The number of halogens is 2. The van der Waals surface area contributed by atoms with Crippen molar-refractivity contribution >= 4 is 22.6 Å². The molecule has 0 saturated carbocycles. The molecule has 0 unspecified atom stereocenters. The van der Waals surface area contributed by atoms with Gasteiger partial charge in [-0.15, -0.1) is 0 Å². The number of rotatable bonds is 4. The summed E-state index contributed by atoms with van der Waals surface area (Å²) in [6.45, 7) is 0.116. The number of aliphatic hydroxyl groups excluding tert-OH is 1. The van der Waals surface area contributed by atoms with E-state index >= 15 is 0 Å². The summed E-state index contributed by atoms with van der Waals surface area (Å²) in [6.07, 6.45) is 0. The molecular weight excluding hydrogens is 323 g/mol. The van der Waals surface area contributed by atoms with Crippen LogP contribution in [0.15, 0.2) is 51.7 Å². The largest absolute Gasteiger partial charge is 0.491 e. The van der Waals surface area contributed by atoms with Crippen LogP contribution in [-0.2, 0) is 0 Å². The van der Waals surface area contributed by atoms with E-state index in [4.69, 9.17) is 25.9 Å². The van der Waals surface area contributed by atoms with Crippen LogP contribution in [0, 0.1) is 5.82 Å². The van der Waals surface area contributed by atoms with Gasteiger partial charge in [0, 0.05) is 11.6 Å². The van der Waals surface area contributed by atoms with Crippen LogP contribution in [0.1, 0.15) is 0 Å². The van der Waals surface area contributed by atoms with Crippen molar-refractivity contribution in [3.8, 4) is 17.1 Å².